The SMILES string of the molecule is CSC1CCC(NC(=O)c2ncccc2Br)C1. The zero-order valence-corrected chi connectivity index (χ0v) is 12.1. The van der Waals surface area contributed by atoms with Gasteiger partial charge in [-0.3, -0.25) is 4.79 Å². The van der Waals surface area contributed by atoms with Crippen LogP contribution in [0.2, 0.25) is 0 Å². The third-order valence-corrected chi connectivity index (χ3v) is 4.76. The Hall–Kier alpha value is -0.550. The maximum Gasteiger partial charge on any atom is 0.271 e. The third kappa shape index (κ3) is 3.22. The van der Waals surface area contributed by atoms with Crippen LogP contribution in [0.25, 0.3) is 0 Å². The van der Waals surface area contributed by atoms with Crippen molar-refractivity contribution >= 4 is 33.6 Å². The predicted molar refractivity (Wildman–Crippen MR) is 74.3 cm³/mol. The lowest BCUT2D eigenvalue weighted by atomic mass is 10.2. The topological polar surface area (TPSA) is 42.0 Å². The van der Waals surface area contributed by atoms with Gasteiger partial charge in [0.15, 0.2) is 0 Å². The highest BCUT2D eigenvalue weighted by Crippen LogP contribution is 2.28. The quantitative estimate of drug-likeness (QED) is 0.932. The van der Waals surface area contributed by atoms with E-state index in [-0.39, 0.29) is 5.91 Å². The van der Waals surface area contributed by atoms with Gasteiger partial charge in [0.05, 0.1) is 0 Å². The smallest absolute Gasteiger partial charge is 0.271 e. The molecule has 3 nitrogen and oxygen atoms in total. The van der Waals surface area contributed by atoms with Crippen LogP contribution < -0.4 is 5.32 Å². The molecule has 0 aliphatic heterocycles. The Labute approximate surface area is 114 Å². The molecule has 0 radical (unpaired) electrons. The molecule has 2 unspecified atom stereocenters. The average molecular weight is 315 g/mol. The summed E-state index contributed by atoms with van der Waals surface area (Å²) < 4.78 is 0.747. The second-order valence-corrected chi connectivity index (χ2v) is 6.17. The van der Waals surface area contributed by atoms with E-state index in [4.69, 9.17) is 0 Å². The molecule has 5 heteroatoms. The van der Waals surface area contributed by atoms with Crippen molar-refractivity contribution in [1.82, 2.24) is 10.3 Å². The number of pyridine rings is 1. The van der Waals surface area contributed by atoms with Gasteiger partial charge in [0.2, 0.25) is 0 Å². The molecule has 0 saturated heterocycles. The lowest BCUT2D eigenvalue weighted by Gasteiger charge is -2.12. The number of hydrogen-bond donors (Lipinski definition) is 1. The van der Waals surface area contributed by atoms with Gasteiger partial charge >= 0.3 is 0 Å². The summed E-state index contributed by atoms with van der Waals surface area (Å²) >= 11 is 5.23. The molecule has 1 heterocycles. The number of carbonyl (C=O) groups is 1. The average Bonchev–Trinajstić information content (AvgIpc) is 2.77. The fourth-order valence-electron chi connectivity index (χ4n) is 2.09. The van der Waals surface area contributed by atoms with Crippen LogP contribution >= 0.6 is 27.7 Å². The Morgan fingerprint density at radius 2 is 2.41 bits per heavy atom. The Balaban J connectivity index is 1.96. The number of rotatable bonds is 3. The molecule has 0 bridgehead atoms. The number of hydrogen-bond acceptors (Lipinski definition) is 3. The summed E-state index contributed by atoms with van der Waals surface area (Å²) in [6.07, 6.45) is 7.10. The molecule has 1 aliphatic carbocycles. The Morgan fingerprint density at radius 1 is 1.59 bits per heavy atom. The van der Waals surface area contributed by atoms with Gasteiger partial charge in [-0.1, -0.05) is 0 Å². The molecule has 92 valence electrons. The fraction of sp³-hybridized carbons (Fsp3) is 0.500. The number of halogens is 1. The zero-order valence-electron chi connectivity index (χ0n) is 9.65. The van der Waals surface area contributed by atoms with Crippen molar-refractivity contribution in [1.29, 1.82) is 0 Å². The summed E-state index contributed by atoms with van der Waals surface area (Å²) in [4.78, 5) is 16.1. The number of carbonyl (C=O) groups excluding carboxylic acids is 1. The van der Waals surface area contributed by atoms with Crippen molar-refractivity contribution in [3.8, 4) is 0 Å². The minimum Gasteiger partial charge on any atom is -0.348 e. The number of nitrogens with zero attached hydrogens (tertiary/aromatic N) is 1. The van der Waals surface area contributed by atoms with E-state index >= 15 is 0 Å². The van der Waals surface area contributed by atoms with Gasteiger partial charge in [0.25, 0.3) is 5.91 Å². The summed E-state index contributed by atoms with van der Waals surface area (Å²) in [6.45, 7) is 0. The second kappa shape index (κ2) is 5.87. The first-order valence-corrected chi connectivity index (χ1v) is 7.73. The first-order valence-electron chi connectivity index (χ1n) is 5.65. The molecule has 1 amide bonds. The van der Waals surface area contributed by atoms with Crippen LogP contribution in [-0.4, -0.2) is 28.4 Å². The highest BCUT2D eigenvalue weighted by Gasteiger charge is 2.26. The molecular formula is C12H15BrN2OS. The molecule has 0 spiro atoms. The van der Waals surface area contributed by atoms with Gasteiger partial charge in [0, 0.05) is 22.0 Å². The highest BCUT2D eigenvalue weighted by molar-refractivity contribution is 9.10. The molecule has 2 rings (SSSR count). The van der Waals surface area contributed by atoms with E-state index in [2.05, 4.69) is 32.5 Å². The molecule has 1 fully saturated rings. The van der Waals surface area contributed by atoms with Gasteiger partial charge in [0.1, 0.15) is 5.69 Å². The van der Waals surface area contributed by atoms with Gasteiger partial charge in [-0.25, -0.2) is 4.98 Å². The minimum absolute atomic E-state index is 0.0794. The lowest BCUT2D eigenvalue weighted by Crippen LogP contribution is -2.33. The number of amides is 1. The van der Waals surface area contributed by atoms with Crippen LogP contribution in [0.4, 0.5) is 0 Å². The monoisotopic (exact) mass is 314 g/mol. The van der Waals surface area contributed by atoms with Crippen LogP contribution in [0, 0.1) is 0 Å². The van der Waals surface area contributed by atoms with Gasteiger partial charge in [-0.2, -0.15) is 11.8 Å². The normalized spacial score (nSPS) is 23.6. The van der Waals surface area contributed by atoms with E-state index in [1.165, 1.54) is 6.42 Å². The van der Waals surface area contributed by atoms with E-state index < -0.39 is 0 Å². The Kier molecular flexibility index (Phi) is 4.45. The van der Waals surface area contributed by atoms with Crippen molar-refractivity contribution < 1.29 is 4.79 Å². The lowest BCUT2D eigenvalue weighted by molar-refractivity contribution is 0.0932. The van der Waals surface area contributed by atoms with Crippen LogP contribution in [0.5, 0.6) is 0 Å². The molecule has 1 N–H and O–H groups in total. The first kappa shape index (κ1) is 12.9. The third-order valence-electron chi connectivity index (χ3n) is 3.03. The largest absolute Gasteiger partial charge is 0.348 e. The van der Waals surface area contributed by atoms with Gasteiger partial charge in [-0.05, 0) is 53.6 Å². The van der Waals surface area contributed by atoms with Crippen LogP contribution in [0.15, 0.2) is 22.8 Å². The van der Waals surface area contributed by atoms with Crippen molar-refractivity contribution in [3.05, 3.63) is 28.5 Å². The van der Waals surface area contributed by atoms with Crippen molar-refractivity contribution in [2.45, 2.75) is 30.6 Å². The van der Waals surface area contributed by atoms with E-state index in [1.54, 1.807) is 12.3 Å². The number of thioether (sulfide) groups is 1. The van der Waals surface area contributed by atoms with Crippen LogP contribution in [0.3, 0.4) is 0 Å². The first-order chi connectivity index (χ1) is 8.20. The van der Waals surface area contributed by atoms with Gasteiger partial charge in [-0.15, -0.1) is 0 Å². The van der Waals surface area contributed by atoms with E-state index in [9.17, 15) is 4.79 Å². The van der Waals surface area contributed by atoms with Crippen molar-refractivity contribution in [3.63, 3.8) is 0 Å². The van der Waals surface area contributed by atoms with E-state index in [0.717, 1.165) is 17.3 Å². The number of aromatic nitrogens is 1. The molecule has 17 heavy (non-hydrogen) atoms. The summed E-state index contributed by atoms with van der Waals surface area (Å²) in [5.41, 5.74) is 0.472. The van der Waals surface area contributed by atoms with Gasteiger partial charge < -0.3 is 5.32 Å². The predicted octanol–water partition coefficient (Wildman–Crippen LogP) is 2.86. The summed E-state index contributed by atoms with van der Waals surface area (Å²) in [5, 5.41) is 3.74. The summed E-state index contributed by atoms with van der Waals surface area (Å²) in [6, 6.07) is 3.94. The molecule has 0 aromatic carbocycles. The fourth-order valence-corrected chi connectivity index (χ4v) is 3.32. The standard InChI is InChI=1S/C12H15BrN2OS/c1-17-9-5-4-8(7-9)15-12(16)11-10(13)3-2-6-14-11/h2-3,6,8-9H,4-5,7H2,1H3,(H,15,16). The van der Waals surface area contributed by atoms with E-state index in [1.807, 2.05) is 17.8 Å². The molecule has 1 aromatic rings. The second-order valence-electron chi connectivity index (χ2n) is 4.17. The molecule has 2 atom stereocenters. The Bertz CT molecular complexity index is 413. The van der Waals surface area contributed by atoms with Crippen molar-refractivity contribution in [2.75, 3.05) is 6.26 Å². The number of nitrogens with one attached hydrogen (secondary N) is 1. The molecular weight excluding hydrogens is 300 g/mol. The molecule has 1 aliphatic rings. The summed E-state index contributed by atoms with van der Waals surface area (Å²) in [7, 11) is 0. The van der Waals surface area contributed by atoms with Crippen LogP contribution in [0.1, 0.15) is 29.8 Å². The zero-order chi connectivity index (χ0) is 12.3. The maximum atomic E-state index is 12.0. The van der Waals surface area contributed by atoms with E-state index in [0.29, 0.717) is 17.0 Å². The highest BCUT2D eigenvalue weighted by atomic mass is 79.9. The van der Waals surface area contributed by atoms with Crippen molar-refractivity contribution in [2.24, 2.45) is 0 Å². The van der Waals surface area contributed by atoms with Crippen LogP contribution in [-0.2, 0) is 0 Å². The summed E-state index contributed by atoms with van der Waals surface area (Å²) in [5.74, 6) is -0.0794. The molecule has 1 aromatic heterocycles. The Morgan fingerprint density at radius 3 is 3.06 bits per heavy atom. The minimum atomic E-state index is -0.0794. The maximum absolute atomic E-state index is 12.0. The molecule has 1 saturated carbocycles.